The van der Waals surface area contributed by atoms with Crippen molar-refractivity contribution in [2.24, 2.45) is 0 Å². The van der Waals surface area contributed by atoms with Crippen molar-refractivity contribution < 1.29 is 14.3 Å². The Balaban J connectivity index is 3.06. The van der Waals surface area contributed by atoms with Crippen LogP contribution >= 0.6 is 11.6 Å². The minimum Gasteiger partial charge on any atom is -0.467 e. The fraction of sp³-hybridized carbons (Fsp3) is 0.600. The van der Waals surface area contributed by atoms with Gasteiger partial charge in [-0.1, -0.05) is 0 Å². The number of Topliss-reactive ketones (excluding diaryl/α,β-unsaturated/α-hetero) is 1. The number of halogens is 1. The van der Waals surface area contributed by atoms with Crippen molar-refractivity contribution in [3.63, 3.8) is 0 Å². The Kier molecular flexibility index (Phi) is 5.21. The molecule has 0 aliphatic carbocycles. The lowest BCUT2D eigenvalue weighted by atomic mass is 10.3. The van der Waals surface area contributed by atoms with E-state index < -0.39 is 0 Å². The summed E-state index contributed by atoms with van der Waals surface area (Å²) in [6.07, 6.45) is 0.211. The highest BCUT2D eigenvalue weighted by Gasteiger charge is 1.97. The second-order valence-corrected chi connectivity index (χ2v) is 1.66. The van der Waals surface area contributed by atoms with Crippen LogP contribution in [-0.4, -0.2) is 24.7 Å². The molecule has 0 bridgehead atoms. The van der Waals surface area contributed by atoms with Crippen LogP contribution in [0.3, 0.4) is 0 Å². The molecule has 4 heteroatoms. The zero-order chi connectivity index (χ0) is 7.11. The molecule has 0 unspecified atom stereocenters. The molecule has 0 amide bonds. The summed E-state index contributed by atoms with van der Waals surface area (Å²) >= 11 is 5.14. The number of hydrogen-bond acceptors (Lipinski definition) is 3. The number of carbonyl (C=O) groups excluding carboxylic acids is 2. The maximum Gasteiger partial charge on any atom is 0.293 e. The second kappa shape index (κ2) is 5.56. The largest absolute Gasteiger partial charge is 0.467 e. The lowest BCUT2D eigenvalue weighted by Crippen LogP contribution is -2.03. The number of hydrogen-bond donors (Lipinski definition) is 0. The van der Waals surface area contributed by atoms with Crippen molar-refractivity contribution in [3.8, 4) is 0 Å². The Bertz CT molecular complexity index is 102. The average molecular weight is 151 g/mol. The van der Waals surface area contributed by atoms with Crippen LogP contribution in [0.4, 0.5) is 0 Å². The van der Waals surface area contributed by atoms with Crippen LogP contribution in [0.2, 0.25) is 0 Å². The third-order valence-electron chi connectivity index (χ3n) is 0.716. The Hall–Kier alpha value is -0.570. The molecular weight excluding hydrogens is 144 g/mol. The standard InChI is InChI=1S/C5H7ClO3/c6-3-5(8)1-2-9-4-7/h4H,1-3H2. The zero-order valence-corrected chi connectivity index (χ0v) is 5.56. The molecule has 0 rings (SSSR count). The number of carbonyl (C=O) groups is 2. The molecule has 0 radical (unpaired) electrons. The van der Waals surface area contributed by atoms with E-state index in [9.17, 15) is 9.59 Å². The van der Waals surface area contributed by atoms with Crippen LogP contribution in [0.15, 0.2) is 0 Å². The first-order chi connectivity index (χ1) is 4.31. The van der Waals surface area contributed by atoms with Gasteiger partial charge in [0, 0.05) is 6.42 Å². The average Bonchev–Trinajstić information content (AvgIpc) is 1.89. The van der Waals surface area contributed by atoms with Crippen molar-refractivity contribution in [2.45, 2.75) is 6.42 Å². The van der Waals surface area contributed by atoms with Gasteiger partial charge in [0.25, 0.3) is 6.47 Å². The maximum absolute atomic E-state index is 10.4. The minimum atomic E-state index is -0.112. The molecule has 0 aromatic rings. The number of ether oxygens (including phenoxy) is 1. The summed E-state index contributed by atoms with van der Waals surface area (Å²) in [5, 5.41) is 0. The lowest BCUT2D eigenvalue weighted by Gasteiger charge is -1.93. The van der Waals surface area contributed by atoms with E-state index in [2.05, 4.69) is 4.74 Å². The van der Waals surface area contributed by atoms with Gasteiger partial charge in [0.05, 0.1) is 12.5 Å². The van der Waals surface area contributed by atoms with Crippen LogP contribution in [-0.2, 0) is 14.3 Å². The van der Waals surface area contributed by atoms with Crippen LogP contribution in [0.1, 0.15) is 6.42 Å². The Morgan fingerprint density at radius 1 is 1.67 bits per heavy atom. The molecule has 0 aliphatic heterocycles. The summed E-state index contributed by atoms with van der Waals surface area (Å²) in [5.41, 5.74) is 0. The molecule has 0 saturated heterocycles. The Morgan fingerprint density at radius 2 is 2.33 bits per heavy atom. The predicted molar refractivity (Wildman–Crippen MR) is 32.4 cm³/mol. The molecule has 3 nitrogen and oxygen atoms in total. The van der Waals surface area contributed by atoms with E-state index in [-0.39, 0.29) is 24.7 Å². The Morgan fingerprint density at radius 3 is 2.78 bits per heavy atom. The van der Waals surface area contributed by atoms with Gasteiger partial charge in [-0.05, 0) is 0 Å². The molecule has 0 atom stereocenters. The maximum atomic E-state index is 10.4. The molecule has 0 aliphatic rings. The van der Waals surface area contributed by atoms with Crippen LogP contribution in [0.25, 0.3) is 0 Å². The highest BCUT2D eigenvalue weighted by atomic mass is 35.5. The first-order valence-corrected chi connectivity index (χ1v) is 2.97. The predicted octanol–water partition coefficient (Wildman–Crippen LogP) is 0.357. The molecule has 0 aromatic heterocycles. The monoisotopic (exact) mass is 150 g/mol. The highest BCUT2D eigenvalue weighted by Crippen LogP contribution is 1.86. The van der Waals surface area contributed by atoms with Gasteiger partial charge in [-0.15, -0.1) is 11.6 Å². The summed E-state index contributed by atoms with van der Waals surface area (Å²) in [4.78, 5) is 19.9. The smallest absolute Gasteiger partial charge is 0.293 e. The summed E-state index contributed by atoms with van der Waals surface area (Å²) < 4.78 is 4.25. The van der Waals surface area contributed by atoms with E-state index in [1.54, 1.807) is 0 Å². The van der Waals surface area contributed by atoms with Crippen molar-refractivity contribution in [1.29, 1.82) is 0 Å². The van der Waals surface area contributed by atoms with Crippen molar-refractivity contribution in [1.82, 2.24) is 0 Å². The van der Waals surface area contributed by atoms with Crippen LogP contribution in [0.5, 0.6) is 0 Å². The quantitative estimate of drug-likeness (QED) is 0.323. The first kappa shape index (κ1) is 8.43. The molecule has 0 N–H and O–H groups in total. The van der Waals surface area contributed by atoms with E-state index in [1.807, 2.05) is 0 Å². The molecule has 52 valence electrons. The van der Waals surface area contributed by atoms with Crippen molar-refractivity contribution >= 4 is 23.9 Å². The van der Waals surface area contributed by atoms with E-state index >= 15 is 0 Å². The van der Waals surface area contributed by atoms with Gasteiger partial charge in [0.2, 0.25) is 0 Å². The molecule has 0 spiro atoms. The van der Waals surface area contributed by atoms with Gasteiger partial charge in [-0.25, -0.2) is 0 Å². The third-order valence-corrected chi connectivity index (χ3v) is 1.01. The molecular formula is C5H7ClO3. The van der Waals surface area contributed by atoms with Crippen molar-refractivity contribution in [3.05, 3.63) is 0 Å². The molecule has 0 heterocycles. The summed E-state index contributed by atoms with van der Waals surface area (Å²) in [7, 11) is 0. The van der Waals surface area contributed by atoms with E-state index in [4.69, 9.17) is 11.6 Å². The number of alkyl halides is 1. The summed E-state index contributed by atoms with van der Waals surface area (Å²) in [6.45, 7) is 0.441. The fourth-order valence-corrected chi connectivity index (χ4v) is 0.421. The topological polar surface area (TPSA) is 43.4 Å². The van der Waals surface area contributed by atoms with Gasteiger partial charge in [0.15, 0.2) is 5.78 Å². The highest BCUT2D eigenvalue weighted by molar-refractivity contribution is 6.27. The first-order valence-electron chi connectivity index (χ1n) is 2.44. The van der Waals surface area contributed by atoms with Gasteiger partial charge in [-0.3, -0.25) is 9.59 Å². The van der Waals surface area contributed by atoms with E-state index in [1.165, 1.54) is 0 Å². The zero-order valence-electron chi connectivity index (χ0n) is 4.80. The van der Waals surface area contributed by atoms with Crippen LogP contribution < -0.4 is 0 Å². The second-order valence-electron chi connectivity index (χ2n) is 1.39. The van der Waals surface area contributed by atoms with Gasteiger partial charge in [0.1, 0.15) is 0 Å². The van der Waals surface area contributed by atoms with Gasteiger partial charge >= 0.3 is 0 Å². The van der Waals surface area contributed by atoms with Gasteiger partial charge < -0.3 is 4.74 Å². The molecule has 0 saturated carbocycles. The third kappa shape index (κ3) is 5.30. The number of ketones is 1. The SMILES string of the molecule is O=COCCC(=O)CCl. The summed E-state index contributed by atoms with van der Waals surface area (Å²) in [6, 6.07) is 0. The van der Waals surface area contributed by atoms with E-state index in [0.29, 0.717) is 6.47 Å². The molecule has 0 aromatic carbocycles. The van der Waals surface area contributed by atoms with Gasteiger partial charge in [-0.2, -0.15) is 0 Å². The summed E-state index contributed by atoms with van der Waals surface area (Å²) in [5.74, 6) is -0.124. The normalized spacial score (nSPS) is 8.56. The molecule has 9 heavy (non-hydrogen) atoms. The minimum absolute atomic E-state index is 0.0117. The molecule has 0 fully saturated rings. The van der Waals surface area contributed by atoms with E-state index in [0.717, 1.165) is 0 Å². The lowest BCUT2D eigenvalue weighted by molar-refractivity contribution is -0.129. The Labute approximate surface area is 57.9 Å². The number of rotatable bonds is 5. The van der Waals surface area contributed by atoms with Crippen molar-refractivity contribution in [2.75, 3.05) is 12.5 Å². The van der Waals surface area contributed by atoms with Crippen LogP contribution in [0, 0.1) is 0 Å². The fourth-order valence-electron chi connectivity index (χ4n) is 0.288.